The van der Waals surface area contributed by atoms with Crippen LogP contribution in [-0.2, 0) is 22.4 Å². The highest BCUT2D eigenvalue weighted by molar-refractivity contribution is 6.12. The number of fused-ring (bicyclic) bond motifs is 2. The van der Waals surface area contributed by atoms with E-state index in [-0.39, 0.29) is 29.2 Å². The van der Waals surface area contributed by atoms with Crippen LogP contribution >= 0.6 is 0 Å². The van der Waals surface area contributed by atoms with Crippen LogP contribution in [0.2, 0.25) is 0 Å². The van der Waals surface area contributed by atoms with Gasteiger partial charge in [0.05, 0.1) is 18.9 Å². The first-order chi connectivity index (χ1) is 19.9. The number of halogens is 1. The first-order valence-corrected chi connectivity index (χ1v) is 14.2. The lowest BCUT2D eigenvalue weighted by Gasteiger charge is -2.26. The second kappa shape index (κ2) is 11.8. The Morgan fingerprint density at radius 1 is 0.902 bits per heavy atom. The van der Waals surface area contributed by atoms with Crippen LogP contribution in [0.5, 0.6) is 0 Å². The van der Waals surface area contributed by atoms with Gasteiger partial charge in [0.1, 0.15) is 5.82 Å². The molecule has 1 aliphatic heterocycles. The minimum Gasteiger partial charge on any atom is -0.379 e. The van der Waals surface area contributed by atoms with Gasteiger partial charge in [-0.25, -0.2) is 4.39 Å². The predicted octanol–water partition coefficient (Wildman–Crippen LogP) is 4.31. The summed E-state index contributed by atoms with van der Waals surface area (Å²) in [6.45, 7) is 4.43. The van der Waals surface area contributed by atoms with Gasteiger partial charge in [0.15, 0.2) is 5.78 Å². The molecule has 1 saturated carbocycles. The summed E-state index contributed by atoms with van der Waals surface area (Å²) >= 11 is 0. The van der Waals surface area contributed by atoms with Gasteiger partial charge in [-0.05, 0) is 85.3 Å². The van der Waals surface area contributed by atoms with Crippen LogP contribution in [0.15, 0.2) is 54.6 Å². The van der Waals surface area contributed by atoms with Gasteiger partial charge in [-0.1, -0.05) is 6.07 Å². The Labute approximate surface area is 238 Å². The highest BCUT2D eigenvalue weighted by Gasteiger charge is 2.29. The number of morpholine rings is 1. The summed E-state index contributed by atoms with van der Waals surface area (Å²) in [5.74, 6) is -0.759. The fraction of sp³-hybridized carbons (Fsp3) is 0.344. The van der Waals surface area contributed by atoms with E-state index < -0.39 is 5.82 Å². The Kier molecular flexibility index (Phi) is 7.80. The number of ketones is 1. The van der Waals surface area contributed by atoms with E-state index >= 15 is 0 Å². The van der Waals surface area contributed by atoms with Gasteiger partial charge in [-0.2, -0.15) is 0 Å². The molecule has 0 unspecified atom stereocenters. The number of benzene rings is 3. The molecule has 41 heavy (non-hydrogen) atoms. The van der Waals surface area contributed by atoms with Crippen molar-refractivity contribution in [2.24, 2.45) is 5.92 Å². The second-order valence-electron chi connectivity index (χ2n) is 10.9. The number of hydrogen-bond acceptors (Lipinski definition) is 6. The maximum atomic E-state index is 14.6. The maximum absolute atomic E-state index is 14.6. The average molecular weight is 557 g/mol. The molecule has 0 radical (unpaired) electrons. The lowest BCUT2D eigenvalue weighted by molar-refractivity contribution is -0.117. The highest BCUT2D eigenvalue weighted by Crippen LogP contribution is 2.32. The zero-order chi connectivity index (χ0) is 28.3. The fourth-order valence-electron chi connectivity index (χ4n) is 5.36. The van der Waals surface area contributed by atoms with E-state index in [1.54, 1.807) is 36.4 Å². The minimum absolute atomic E-state index is 0.0423. The van der Waals surface area contributed by atoms with Crippen molar-refractivity contribution >= 4 is 34.7 Å². The van der Waals surface area contributed by atoms with E-state index in [4.69, 9.17) is 4.74 Å². The SMILES string of the molecule is O=C(NCCN1CCOCC1)c1ccc2c(c1)C(=O)c1ccc(Nc3cc(NC(=O)C4CC4)ccc3F)cc1CC2. The quantitative estimate of drug-likeness (QED) is 0.383. The maximum Gasteiger partial charge on any atom is 0.251 e. The summed E-state index contributed by atoms with van der Waals surface area (Å²) < 4.78 is 20.0. The van der Waals surface area contributed by atoms with E-state index in [0.29, 0.717) is 60.7 Å². The summed E-state index contributed by atoms with van der Waals surface area (Å²) in [5.41, 5.74) is 4.75. The Balaban J connectivity index is 1.14. The third-order valence-electron chi connectivity index (χ3n) is 7.91. The molecule has 2 amide bonds. The van der Waals surface area contributed by atoms with Gasteiger partial charge in [-0.3, -0.25) is 19.3 Å². The Morgan fingerprint density at radius 3 is 2.49 bits per heavy atom. The van der Waals surface area contributed by atoms with E-state index in [2.05, 4.69) is 20.9 Å². The number of aryl methyl sites for hydroxylation is 2. The van der Waals surface area contributed by atoms with Crippen LogP contribution in [0.25, 0.3) is 0 Å². The zero-order valence-electron chi connectivity index (χ0n) is 22.8. The number of carbonyl (C=O) groups excluding carboxylic acids is 3. The molecule has 0 spiro atoms. The van der Waals surface area contributed by atoms with Gasteiger partial charge in [0.2, 0.25) is 5.91 Å². The topological polar surface area (TPSA) is 99.8 Å². The van der Waals surface area contributed by atoms with Crippen LogP contribution < -0.4 is 16.0 Å². The number of carbonyl (C=O) groups is 3. The number of nitrogens with zero attached hydrogens (tertiary/aromatic N) is 1. The zero-order valence-corrected chi connectivity index (χ0v) is 22.8. The van der Waals surface area contributed by atoms with Crippen LogP contribution in [0.4, 0.5) is 21.5 Å². The predicted molar refractivity (Wildman–Crippen MR) is 154 cm³/mol. The lowest BCUT2D eigenvalue weighted by Crippen LogP contribution is -2.41. The first kappa shape index (κ1) is 27.1. The molecule has 2 aliphatic carbocycles. The largest absolute Gasteiger partial charge is 0.379 e. The van der Waals surface area contributed by atoms with Crippen LogP contribution in [-0.4, -0.2) is 61.9 Å². The molecule has 1 saturated heterocycles. The molecule has 1 heterocycles. The molecule has 3 aromatic rings. The average Bonchev–Trinajstić information content (AvgIpc) is 3.84. The molecule has 3 aromatic carbocycles. The number of amides is 2. The molecule has 212 valence electrons. The minimum atomic E-state index is -0.441. The van der Waals surface area contributed by atoms with Crippen molar-refractivity contribution in [2.45, 2.75) is 25.7 Å². The molecule has 3 aliphatic rings. The van der Waals surface area contributed by atoms with E-state index in [0.717, 1.165) is 43.6 Å². The number of hydrogen-bond donors (Lipinski definition) is 3. The molecule has 3 N–H and O–H groups in total. The Hall–Kier alpha value is -4.08. The third-order valence-corrected chi connectivity index (χ3v) is 7.91. The van der Waals surface area contributed by atoms with Gasteiger partial charge in [0, 0.05) is 60.2 Å². The monoisotopic (exact) mass is 556 g/mol. The van der Waals surface area contributed by atoms with Crippen molar-refractivity contribution < 1.29 is 23.5 Å². The molecule has 2 fully saturated rings. The summed E-state index contributed by atoms with van der Waals surface area (Å²) in [4.78, 5) is 40.8. The van der Waals surface area contributed by atoms with Crippen LogP contribution in [0.3, 0.4) is 0 Å². The summed E-state index contributed by atoms with van der Waals surface area (Å²) in [5, 5.41) is 8.91. The van der Waals surface area contributed by atoms with Crippen LogP contribution in [0, 0.1) is 11.7 Å². The summed E-state index contributed by atoms with van der Waals surface area (Å²) in [7, 11) is 0. The number of nitrogens with one attached hydrogen (secondary N) is 3. The number of anilines is 3. The Morgan fingerprint density at radius 2 is 1.68 bits per heavy atom. The molecular weight excluding hydrogens is 523 g/mol. The van der Waals surface area contributed by atoms with Crippen molar-refractivity contribution in [1.29, 1.82) is 0 Å². The molecule has 0 aromatic heterocycles. The first-order valence-electron chi connectivity index (χ1n) is 14.2. The van der Waals surface area contributed by atoms with Crippen molar-refractivity contribution in [3.05, 3.63) is 88.2 Å². The van der Waals surface area contributed by atoms with Crippen molar-refractivity contribution in [3.8, 4) is 0 Å². The summed E-state index contributed by atoms with van der Waals surface area (Å²) in [6.07, 6.45) is 3.06. The van der Waals surface area contributed by atoms with E-state index in [1.807, 2.05) is 12.1 Å². The van der Waals surface area contributed by atoms with Gasteiger partial charge >= 0.3 is 0 Å². The molecule has 9 heteroatoms. The number of rotatable bonds is 8. The Bertz CT molecular complexity index is 1500. The van der Waals surface area contributed by atoms with Crippen molar-refractivity contribution in [2.75, 3.05) is 50.0 Å². The normalized spacial score (nSPS) is 16.8. The fourth-order valence-corrected chi connectivity index (χ4v) is 5.36. The smallest absolute Gasteiger partial charge is 0.251 e. The van der Waals surface area contributed by atoms with Gasteiger partial charge < -0.3 is 20.7 Å². The van der Waals surface area contributed by atoms with E-state index in [1.165, 1.54) is 6.07 Å². The van der Waals surface area contributed by atoms with Crippen molar-refractivity contribution in [1.82, 2.24) is 10.2 Å². The molecule has 6 rings (SSSR count). The molecular formula is C32H33FN4O4. The van der Waals surface area contributed by atoms with E-state index in [9.17, 15) is 18.8 Å². The standard InChI is InChI=1S/C32H33FN4O4/c33-28-10-8-25(36-32(40)21-3-4-21)19-29(28)35-24-7-9-26-22(17-24)5-1-20-2-6-23(18-27(20)30(26)38)31(39)34-11-12-37-13-15-41-16-14-37/h2,6-10,17-19,21,35H,1,3-5,11-16H2,(H,34,39)(H,36,40). The molecule has 0 bridgehead atoms. The van der Waals surface area contributed by atoms with Gasteiger partial charge in [-0.15, -0.1) is 0 Å². The third kappa shape index (κ3) is 6.31. The summed E-state index contributed by atoms with van der Waals surface area (Å²) in [6, 6.07) is 15.2. The number of ether oxygens (including phenoxy) is 1. The van der Waals surface area contributed by atoms with Crippen LogP contribution in [0.1, 0.15) is 50.2 Å². The highest BCUT2D eigenvalue weighted by atomic mass is 19.1. The lowest BCUT2D eigenvalue weighted by atomic mass is 9.96. The molecule has 0 atom stereocenters. The molecule has 8 nitrogen and oxygen atoms in total. The van der Waals surface area contributed by atoms with Crippen molar-refractivity contribution in [3.63, 3.8) is 0 Å². The second-order valence-corrected chi connectivity index (χ2v) is 10.9. The van der Waals surface area contributed by atoms with Gasteiger partial charge in [0.25, 0.3) is 5.91 Å².